The van der Waals surface area contributed by atoms with Crippen LogP contribution in [0.25, 0.3) is 11.8 Å². The summed E-state index contributed by atoms with van der Waals surface area (Å²) in [4.78, 5) is 7.54. The summed E-state index contributed by atoms with van der Waals surface area (Å²) in [5, 5.41) is 5.51. The van der Waals surface area contributed by atoms with Crippen molar-refractivity contribution in [1.82, 2.24) is 4.90 Å². The van der Waals surface area contributed by atoms with Crippen LogP contribution < -0.4 is 9.47 Å². The number of fused-ring (bicyclic) bond motifs is 2. The highest BCUT2D eigenvalue weighted by Crippen LogP contribution is 2.53. The number of hydrogen-bond acceptors (Lipinski definition) is 5. The average Bonchev–Trinajstić information content (AvgIpc) is 3.37. The van der Waals surface area contributed by atoms with E-state index in [0.29, 0.717) is 33.3 Å². The fourth-order valence-electron chi connectivity index (χ4n) is 5.64. The SMILES string of the molecule is Clc1ccc(C=C2CCCC3=C2N=C2SC=C(c4ccc5c(c4)OCCO5)N2C3c2ccc(Cl)cc2Cl)c(Cl)c1. The Bertz CT molecular complexity index is 1680. The Morgan fingerprint density at radius 1 is 0.850 bits per heavy atom. The number of benzene rings is 3. The molecule has 0 aromatic heterocycles. The summed E-state index contributed by atoms with van der Waals surface area (Å²) in [6, 6.07) is 17.3. The van der Waals surface area contributed by atoms with Crippen LogP contribution in [-0.2, 0) is 0 Å². The van der Waals surface area contributed by atoms with Crippen molar-refractivity contribution in [3.63, 3.8) is 0 Å². The van der Waals surface area contributed by atoms with Crippen molar-refractivity contribution in [2.24, 2.45) is 4.99 Å². The van der Waals surface area contributed by atoms with Gasteiger partial charge in [-0.05, 0) is 90.1 Å². The number of thioether (sulfide) groups is 1. The van der Waals surface area contributed by atoms with Crippen molar-refractivity contribution in [2.75, 3.05) is 13.2 Å². The predicted molar refractivity (Wildman–Crippen MR) is 167 cm³/mol. The van der Waals surface area contributed by atoms with Gasteiger partial charge in [0.1, 0.15) is 13.2 Å². The Balaban J connectivity index is 1.37. The van der Waals surface area contributed by atoms with Gasteiger partial charge in [-0.2, -0.15) is 0 Å². The van der Waals surface area contributed by atoms with Gasteiger partial charge in [-0.3, -0.25) is 0 Å². The van der Waals surface area contributed by atoms with Crippen molar-refractivity contribution < 1.29 is 9.47 Å². The predicted octanol–water partition coefficient (Wildman–Crippen LogP) is 10.1. The molecule has 0 radical (unpaired) electrons. The molecular weight excluding hydrogens is 606 g/mol. The van der Waals surface area contributed by atoms with Gasteiger partial charge in [-0.25, -0.2) is 4.99 Å². The van der Waals surface area contributed by atoms with Gasteiger partial charge >= 0.3 is 0 Å². The average molecular weight is 628 g/mol. The Kier molecular flexibility index (Phi) is 7.05. The molecule has 3 aromatic carbocycles. The van der Waals surface area contributed by atoms with E-state index >= 15 is 0 Å². The Labute approximate surface area is 256 Å². The maximum Gasteiger partial charge on any atom is 0.174 e. The van der Waals surface area contributed by atoms with Crippen LogP contribution in [0, 0.1) is 0 Å². The zero-order valence-corrected chi connectivity index (χ0v) is 24.9. The first-order valence-electron chi connectivity index (χ1n) is 12.9. The second kappa shape index (κ2) is 10.7. The molecule has 202 valence electrons. The molecule has 0 saturated heterocycles. The van der Waals surface area contributed by atoms with E-state index in [1.165, 1.54) is 5.57 Å². The normalized spacial score (nSPS) is 20.8. The number of allylic oxidation sites excluding steroid dienone is 1. The molecule has 4 aliphatic rings. The van der Waals surface area contributed by atoms with E-state index in [2.05, 4.69) is 22.5 Å². The highest BCUT2D eigenvalue weighted by molar-refractivity contribution is 8.16. The van der Waals surface area contributed by atoms with Crippen LogP contribution in [0.15, 0.2) is 81.8 Å². The molecule has 0 bridgehead atoms. The molecular formula is C31H22Cl4N2O2S. The highest BCUT2D eigenvalue weighted by Gasteiger charge is 2.41. The first-order valence-corrected chi connectivity index (χ1v) is 15.3. The molecule has 0 fully saturated rings. The second-order valence-corrected chi connectivity index (χ2v) is 12.4. The molecule has 3 aliphatic heterocycles. The number of halogens is 4. The fraction of sp³-hybridized carbons (Fsp3) is 0.194. The van der Waals surface area contributed by atoms with Crippen molar-refractivity contribution >= 4 is 75.1 Å². The molecule has 9 heteroatoms. The van der Waals surface area contributed by atoms with E-state index < -0.39 is 0 Å². The lowest BCUT2D eigenvalue weighted by Crippen LogP contribution is -2.35. The van der Waals surface area contributed by atoms with Crippen molar-refractivity contribution in [3.8, 4) is 11.5 Å². The van der Waals surface area contributed by atoms with E-state index in [4.69, 9.17) is 60.9 Å². The first-order chi connectivity index (χ1) is 19.5. The number of amidine groups is 1. The molecule has 40 heavy (non-hydrogen) atoms. The van der Waals surface area contributed by atoms with Gasteiger partial charge in [0.15, 0.2) is 16.7 Å². The standard InChI is InChI=1S/C31H22Cl4N2O2S/c32-20-6-4-17(24(34)14-20)12-19-2-1-3-23-29(19)36-31-37(30(23)22-8-7-21(33)15-25(22)35)26(16-40-31)18-5-9-27-28(13-18)39-11-10-38-27/h4-9,12-16,30H,1-3,10-11H2. The quantitative estimate of drug-likeness (QED) is 0.289. The van der Waals surface area contributed by atoms with E-state index in [-0.39, 0.29) is 6.04 Å². The lowest BCUT2D eigenvalue weighted by Gasteiger charge is -2.40. The minimum atomic E-state index is -0.147. The van der Waals surface area contributed by atoms with Gasteiger partial charge < -0.3 is 14.4 Å². The number of ether oxygens (including phenoxy) is 2. The number of nitrogens with zero attached hydrogens (tertiary/aromatic N) is 2. The molecule has 1 atom stereocenters. The number of rotatable bonds is 3. The van der Waals surface area contributed by atoms with E-state index in [9.17, 15) is 0 Å². The maximum atomic E-state index is 6.89. The molecule has 1 unspecified atom stereocenters. The zero-order chi connectivity index (χ0) is 27.4. The largest absolute Gasteiger partial charge is 0.486 e. The third kappa shape index (κ3) is 4.72. The molecule has 3 aromatic rings. The minimum absolute atomic E-state index is 0.147. The summed E-state index contributed by atoms with van der Waals surface area (Å²) < 4.78 is 11.7. The van der Waals surface area contributed by atoms with Crippen molar-refractivity contribution in [2.45, 2.75) is 25.3 Å². The third-order valence-electron chi connectivity index (χ3n) is 7.43. The molecule has 0 saturated carbocycles. The van der Waals surface area contributed by atoms with Crippen LogP contribution in [0.2, 0.25) is 20.1 Å². The lowest BCUT2D eigenvalue weighted by atomic mass is 9.82. The smallest absolute Gasteiger partial charge is 0.174 e. The lowest BCUT2D eigenvalue weighted by molar-refractivity contribution is 0.171. The van der Waals surface area contributed by atoms with Crippen LogP contribution in [0.4, 0.5) is 0 Å². The molecule has 1 aliphatic carbocycles. The van der Waals surface area contributed by atoms with Crippen LogP contribution >= 0.6 is 58.2 Å². The van der Waals surface area contributed by atoms with Crippen LogP contribution in [-0.4, -0.2) is 23.3 Å². The van der Waals surface area contributed by atoms with Crippen LogP contribution in [0.5, 0.6) is 11.5 Å². The second-order valence-electron chi connectivity index (χ2n) is 9.87. The van der Waals surface area contributed by atoms with Crippen molar-refractivity contribution in [1.29, 1.82) is 0 Å². The summed E-state index contributed by atoms with van der Waals surface area (Å²) >= 11 is 27.6. The first kappa shape index (κ1) is 26.4. The summed E-state index contributed by atoms with van der Waals surface area (Å²) in [5.41, 5.74) is 7.36. The molecule has 3 heterocycles. The number of hydrogen-bond donors (Lipinski definition) is 0. The zero-order valence-electron chi connectivity index (χ0n) is 21.1. The monoisotopic (exact) mass is 626 g/mol. The third-order valence-corrected chi connectivity index (χ3v) is 9.39. The molecule has 7 rings (SSSR count). The molecule has 0 spiro atoms. The maximum absolute atomic E-state index is 6.89. The van der Waals surface area contributed by atoms with Gasteiger partial charge in [0.25, 0.3) is 0 Å². The summed E-state index contributed by atoms with van der Waals surface area (Å²) in [5.74, 6) is 1.51. The summed E-state index contributed by atoms with van der Waals surface area (Å²) in [6.45, 7) is 1.09. The number of aliphatic imine (C=N–C) groups is 1. The Morgan fingerprint density at radius 3 is 2.42 bits per heavy atom. The van der Waals surface area contributed by atoms with Crippen LogP contribution in [0.1, 0.15) is 42.0 Å². The summed E-state index contributed by atoms with van der Waals surface area (Å²) in [6.07, 6.45) is 4.94. The molecule has 4 nitrogen and oxygen atoms in total. The van der Waals surface area contributed by atoms with E-state index in [1.54, 1.807) is 17.8 Å². The van der Waals surface area contributed by atoms with Gasteiger partial charge in [-0.15, -0.1) is 0 Å². The topological polar surface area (TPSA) is 34.1 Å². The minimum Gasteiger partial charge on any atom is -0.486 e. The Morgan fingerprint density at radius 2 is 1.62 bits per heavy atom. The fourth-order valence-corrected chi connectivity index (χ4v) is 7.54. The van der Waals surface area contributed by atoms with E-state index in [1.807, 2.05) is 42.5 Å². The van der Waals surface area contributed by atoms with Gasteiger partial charge in [0.2, 0.25) is 0 Å². The molecule has 0 N–H and O–H groups in total. The molecule has 0 amide bonds. The van der Waals surface area contributed by atoms with Gasteiger partial charge in [0, 0.05) is 31.1 Å². The summed E-state index contributed by atoms with van der Waals surface area (Å²) in [7, 11) is 0. The highest BCUT2D eigenvalue weighted by atomic mass is 35.5. The Hall–Kier alpha value is -2.54. The van der Waals surface area contributed by atoms with Gasteiger partial charge in [0.05, 0.1) is 17.4 Å². The van der Waals surface area contributed by atoms with Gasteiger partial charge in [-0.1, -0.05) is 70.3 Å². The van der Waals surface area contributed by atoms with Crippen LogP contribution in [0.3, 0.4) is 0 Å². The van der Waals surface area contributed by atoms with E-state index in [0.717, 1.165) is 69.6 Å². The van der Waals surface area contributed by atoms with Crippen molar-refractivity contribution in [3.05, 3.63) is 114 Å².